The molecule has 1 aliphatic carbocycles. The van der Waals surface area contributed by atoms with Crippen LogP contribution >= 0.6 is 0 Å². The second kappa shape index (κ2) is 6.02. The molecule has 0 bridgehead atoms. The summed E-state index contributed by atoms with van der Waals surface area (Å²) in [5.74, 6) is 0. The third-order valence-electron chi connectivity index (χ3n) is 3.49. The van der Waals surface area contributed by atoms with E-state index in [9.17, 15) is 0 Å². The van der Waals surface area contributed by atoms with Gasteiger partial charge in [0.25, 0.3) is 0 Å². The van der Waals surface area contributed by atoms with Crippen LogP contribution in [0, 0.1) is 6.92 Å². The van der Waals surface area contributed by atoms with Crippen LogP contribution in [-0.2, 0) is 6.42 Å². The maximum atomic E-state index is 6.25. The smallest absolute Gasteiger partial charge is 0.0117 e. The molecule has 17 heavy (non-hydrogen) atoms. The van der Waals surface area contributed by atoms with Crippen molar-refractivity contribution in [3.8, 4) is 0 Å². The van der Waals surface area contributed by atoms with Crippen LogP contribution in [-0.4, -0.2) is 6.04 Å². The summed E-state index contributed by atoms with van der Waals surface area (Å²) in [5.41, 5.74) is 10.5. The Balaban J connectivity index is 1.88. The van der Waals surface area contributed by atoms with Gasteiger partial charge in [0.05, 0.1) is 0 Å². The van der Waals surface area contributed by atoms with Gasteiger partial charge in [0.15, 0.2) is 0 Å². The number of aryl methyl sites for hydroxylation is 1. The maximum Gasteiger partial charge on any atom is 0.0117 e. The molecule has 0 amide bonds. The lowest BCUT2D eigenvalue weighted by Gasteiger charge is -2.17. The molecule has 1 heteroatoms. The molecule has 2 N–H and O–H groups in total. The van der Waals surface area contributed by atoms with Gasteiger partial charge in [-0.25, -0.2) is 0 Å². The Morgan fingerprint density at radius 2 is 2.12 bits per heavy atom. The first-order valence-corrected chi connectivity index (χ1v) is 6.73. The first-order chi connectivity index (χ1) is 8.24. The molecule has 2 rings (SSSR count). The molecule has 1 aromatic rings. The molecule has 0 aliphatic heterocycles. The highest BCUT2D eigenvalue weighted by molar-refractivity contribution is 5.23. The second-order valence-electron chi connectivity index (χ2n) is 5.27. The van der Waals surface area contributed by atoms with E-state index >= 15 is 0 Å². The van der Waals surface area contributed by atoms with E-state index in [1.54, 1.807) is 5.57 Å². The summed E-state index contributed by atoms with van der Waals surface area (Å²) in [4.78, 5) is 0. The Morgan fingerprint density at radius 1 is 1.24 bits per heavy atom. The SMILES string of the molecule is Cc1cccc(CC(N)CC2=CCCCC2)c1. The molecule has 0 saturated heterocycles. The van der Waals surface area contributed by atoms with Crippen molar-refractivity contribution >= 4 is 0 Å². The number of hydrogen-bond acceptors (Lipinski definition) is 1. The third kappa shape index (κ3) is 4.01. The van der Waals surface area contributed by atoms with Crippen molar-refractivity contribution < 1.29 is 0 Å². The molecule has 1 atom stereocenters. The van der Waals surface area contributed by atoms with E-state index in [0.717, 1.165) is 12.8 Å². The summed E-state index contributed by atoms with van der Waals surface area (Å²) in [6, 6.07) is 8.97. The maximum absolute atomic E-state index is 6.25. The van der Waals surface area contributed by atoms with Crippen LogP contribution in [0.1, 0.15) is 43.2 Å². The van der Waals surface area contributed by atoms with E-state index in [-0.39, 0.29) is 6.04 Å². The van der Waals surface area contributed by atoms with E-state index in [0.29, 0.717) is 0 Å². The minimum absolute atomic E-state index is 0.279. The molecule has 0 heterocycles. The highest BCUT2D eigenvalue weighted by Crippen LogP contribution is 2.21. The minimum Gasteiger partial charge on any atom is -0.327 e. The van der Waals surface area contributed by atoms with Gasteiger partial charge in [0.2, 0.25) is 0 Å². The van der Waals surface area contributed by atoms with E-state index in [1.165, 1.54) is 36.8 Å². The van der Waals surface area contributed by atoms with E-state index in [4.69, 9.17) is 5.73 Å². The van der Waals surface area contributed by atoms with E-state index in [1.807, 2.05) is 0 Å². The van der Waals surface area contributed by atoms with Gasteiger partial charge in [-0.05, 0) is 51.0 Å². The van der Waals surface area contributed by atoms with Gasteiger partial charge in [0.1, 0.15) is 0 Å². The molecule has 92 valence electrons. The monoisotopic (exact) mass is 229 g/mol. The van der Waals surface area contributed by atoms with Gasteiger partial charge in [-0.1, -0.05) is 41.5 Å². The molecular weight excluding hydrogens is 206 g/mol. The van der Waals surface area contributed by atoms with Gasteiger partial charge in [-0.2, -0.15) is 0 Å². The zero-order chi connectivity index (χ0) is 12.1. The first kappa shape index (κ1) is 12.4. The van der Waals surface area contributed by atoms with Gasteiger partial charge in [-0.3, -0.25) is 0 Å². The van der Waals surface area contributed by atoms with Crippen molar-refractivity contribution in [1.29, 1.82) is 0 Å². The Morgan fingerprint density at radius 3 is 2.82 bits per heavy atom. The summed E-state index contributed by atoms with van der Waals surface area (Å²) in [5, 5.41) is 0. The largest absolute Gasteiger partial charge is 0.327 e. The van der Waals surface area contributed by atoms with Gasteiger partial charge in [-0.15, -0.1) is 0 Å². The van der Waals surface area contributed by atoms with E-state index < -0.39 is 0 Å². The Bertz CT molecular complexity index is 392. The second-order valence-corrected chi connectivity index (χ2v) is 5.27. The average Bonchev–Trinajstić information content (AvgIpc) is 2.30. The van der Waals surface area contributed by atoms with Gasteiger partial charge >= 0.3 is 0 Å². The number of nitrogens with two attached hydrogens (primary N) is 1. The molecule has 1 aliphatic rings. The molecular formula is C16H23N. The van der Waals surface area contributed by atoms with Crippen LogP contribution in [0.3, 0.4) is 0 Å². The lowest BCUT2D eigenvalue weighted by Crippen LogP contribution is -2.23. The predicted molar refractivity (Wildman–Crippen MR) is 74.0 cm³/mol. The molecule has 0 spiro atoms. The number of allylic oxidation sites excluding steroid dienone is 1. The fraction of sp³-hybridized carbons (Fsp3) is 0.500. The van der Waals surface area contributed by atoms with Crippen LogP contribution in [0.5, 0.6) is 0 Å². The van der Waals surface area contributed by atoms with Gasteiger partial charge < -0.3 is 5.73 Å². The molecule has 0 radical (unpaired) electrons. The minimum atomic E-state index is 0.279. The average molecular weight is 229 g/mol. The van der Waals surface area contributed by atoms with Crippen molar-refractivity contribution in [2.45, 2.75) is 51.5 Å². The summed E-state index contributed by atoms with van der Waals surface area (Å²) in [6.45, 7) is 2.14. The number of hydrogen-bond donors (Lipinski definition) is 1. The number of rotatable bonds is 4. The van der Waals surface area contributed by atoms with Crippen LogP contribution in [0.25, 0.3) is 0 Å². The van der Waals surface area contributed by atoms with Crippen molar-refractivity contribution in [2.75, 3.05) is 0 Å². The van der Waals surface area contributed by atoms with Crippen molar-refractivity contribution in [3.05, 3.63) is 47.0 Å². The predicted octanol–water partition coefficient (Wildman–Crippen LogP) is 3.76. The highest BCUT2D eigenvalue weighted by atomic mass is 14.6. The molecule has 1 aromatic carbocycles. The van der Waals surface area contributed by atoms with E-state index in [2.05, 4.69) is 37.3 Å². The zero-order valence-electron chi connectivity index (χ0n) is 10.8. The summed E-state index contributed by atoms with van der Waals surface area (Å²) < 4.78 is 0. The van der Waals surface area contributed by atoms with Crippen molar-refractivity contribution in [3.63, 3.8) is 0 Å². The lowest BCUT2D eigenvalue weighted by molar-refractivity contribution is 0.605. The Labute approximate surface area is 105 Å². The third-order valence-corrected chi connectivity index (χ3v) is 3.49. The number of benzene rings is 1. The molecule has 0 fully saturated rings. The lowest BCUT2D eigenvalue weighted by atomic mass is 9.92. The van der Waals surface area contributed by atoms with Crippen molar-refractivity contribution in [1.82, 2.24) is 0 Å². The van der Waals surface area contributed by atoms with Crippen LogP contribution < -0.4 is 5.73 Å². The topological polar surface area (TPSA) is 26.0 Å². The van der Waals surface area contributed by atoms with Crippen LogP contribution in [0.4, 0.5) is 0 Å². The summed E-state index contributed by atoms with van der Waals surface area (Å²) in [7, 11) is 0. The summed E-state index contributed by atoms with van der Waals surface area (Å²) >= 11 is 0. The fourth-order valence-corrected chi connectivity index (χ4v) is 2.64. The first-order valence-electron chi connectivity index (χ1n) is 6.73. The molecule has 1 unspecified atom stereocenters. The normalized spacial score (nSPS) is 17.6. The standard InChI is InChI=1S/C16H23N/c1-13-6-5-9-15(10-13)12-16(17)11-14-7-3-2-4-8-14/h5-7,9-10,16H,2-4,8,11-12,17H2,1H3. The van der Waals surface area contributed by atoms with Crippen LogP contribution in [0.15, 0.2) is 35.9 Å². The Kier molecular flexibility index (Phi) is 4.38. The zero-order valence-corrected chi connectivity index (χ0v) is 10.8. The molecule has 0 saturated carbocycles. The van der Waals surface area contributed by atoms with Gasteiger partial charge in [0, 0.05) is 6.04 Å². The quantitative estimate of drug-likeness (QED) is 0.782. The highest BCUT2D eigenvalue weighted by Gasteiger charge is 2.09. The molecule has 0 aromatic heterocycles. The Hall–Kier alpha value is -1.08. The molecule has 1 nitrogen and oxygen atoms in total. The van der Waals surface area contributed by atoms with Crippen molar-refractivity contribution in [2.24, 2.45) is 5.73 Å². The van der Waals surface area contributed by atoms with Crippen LogP contribution in [0.2, 0.25) is 0 Å². The fourth-order valence-electron chi connectivity index (χ4n) is 2.64. The summed E-state index contributed by atoms with van der Waals surface area (Å²) in [6.07, 6.45) is 9.71.